The molecule has 1 rings (SSSR count). The second-order valence-corrected chi connectivity index (χ2v) is 4.68. The second kappa shape index (κ2) is 4.72. The maximum Gasteiger partial charge on any atom is 0.282 e. The van der Waals surface area contributed by atoms with Crippen molar-refractivity contribution >= 4 is 0 Å². The summed E-state index contributed by atoms with van der Waals surface area (Å²) < 4.78 is 30.9. The van der Waals surface area contributed by atoms with E-state index in [1.807, 2.05) is 13.8 Å². The molecule has 1 aliphatic rings. The van der Waals surface area contributed by atoms with Gasteiger partial charge in [0.2, 0.25) is 0 Å². The standard InChI is InChI=1S/C10H19F2NO2/c1-9(2)4-3-8(15-9)5-13-6-10(11,12)7-14/h8,13-14H,3-7H2,1-2H3. The molecule has 15 heavy (non-hydrogen) atoms. The van der Waals surface area contributed by atoms with E-state index in [0.29, 0.717) is 6.54 Å². The molecular formula is C10H19F2NO2. The van der Waals surface area contributed by atoms with Crippen LogP contribution in [0.15, 0.2) is 0 Å². The molecule has 0 aromatic rings. The molecule has 3 nitrogen and oxygen atoms in total. The Labute approximate surface area is 88.8 Å². The van der Waals surface area contributed by atoms with Crippen LogP contribution in [0.5, 0.6) is 0 Å². The molecule has 0 aromatic heterocycles. The number of aliphatic hydroxyl groups is 1. The Morgan fingerprint density at radius 2 is 2.20 bits per heavy atom. The number of hydrogen-bond donors (Lipinski definition) is 2. The van der Waals surface area contributed by atoms with Crippen LogP contribution in [0.1, 0.15) is 26.7 Å². The zero-order chi connectivity index (χ0) is 11.5. The lowest BCUT2D eigenvalue weighted by Gasteiger charge is -2.20. The van der Waals surface area contributed by atoms with E-state index in [9.17, 15) is 8.78 Å². The fourth-order valence-electron chi connectivity index (χ4n) is 1.69. The molecule has 90 valence electrons. The first kappa shape index (κ1) is 12.8. The normalized spacial score (nSPS) is 25.8. The minimum Gasteiger partial charge on any atom is -0.390 e. The number of alkyl halides is 2. The van der Waals surface area contributed by atoms with Crippen LogP contribution >= 0.6 is 0 Å². The molecule has 0 saturated carbocycles. The van der Waals surface area contributed by atoms with E-state index in [1.165, 1.54) is 0 Å². The Bertz CT molecular complexity index is 210. The highest BCUT2D eigenvalue weighted by molar-refractivity contribution is 4.82. The zero-order valence-corrected chi connectivity index (χ0v) is 9.22. The third-order valence-electron chi connectivity index (χ3n) is 2.54. The summed E-state index contributed by atoms with van der Waals surface area (Å²) in [5, 5.41) is 11.0. The van der Waals surface area contributed by atoms with E-state index >= 15 is 0 Å². The smallest absolute Gasteiger partial charge is 0.282 e. The van der Waals surface area contributed by atoms with Crippen molar-refractivity contribution in [2.24, 2.45) is 0 Å². The van der Waals surface area contributed by atoms with Gasteiger partial charge in [-0.3, -0.25) is 0 Å². The third kappa shape index (κ3) is 4.40. The van der Waals surface area contributed by atoms with Gasteiger partial charge in [-0.15, -0.1) is 0 Å². The summed E-state index contributed by atoms with van der Waals surface area (Å²) in [5.41, 5.74) is -0.133. The molecule has 0 spiro atoms. The summed E-state index contributed by atoms with van der Waals surface area (Å²) in [7, 11) is 0. The fraction of sp³-hybridized carbons (Fsp3) is 1.00. The van der Waals surface area contributed by atoms with E-state index in [-0.39, 0.29) is 11.7 Å². The maximum atomic E-state index is 12.6. The number of aliphatic hydroxyl groups excluding tert-OH is 1. The van der Waals surface area contributed by atoms with Gasteiger partial charge >= 0.3 is 0 Å². The highest BCUT2D eigenvalue weighted by Crippen LogP contribution is 2.28. The summed E-state index contributed by atoms with van der Waals surface area (Å²) in [6.45, 7) is 2.80. The molecule has 0 radical (unpaired) electrons. The first-order valence-electron chi connectivity index (χ1n) is 5.22. The Balaban J connectivity index is 2.17. The van der Waals surface area contributed by atoms with E-state index in [1.54, 1.807) is 0 Å². The monoisotopic (exact) mass is 223 g/mol. The topological polar surface area (TPSA) is 41.5 Å². The summed E-state index contributed by atoms with van der Waals surface area (Å²) in [4.78, 5) is 0. The highest BCUT2D eigenvalue weighted by atomic mass is 19.3. The van der Waals surface area contributed by atoms with Gasteiger partial charge in [0, 0.05) is 6.54 Å². The van der Waals surface area contributed by atoms with E-state index in [2.05, 4.69) is 5.32 Å². The Hall–Kier alpha value is -0.260. The molecule has 5 heteroatoms. The van der Waals surface area contributed by atoms with Gasteiger partial charge in [0.25, 0.3) is 5.92 Å². The van der Waals surface area contributed by atoms with Gasteiger partial charge < -0.3 is 15.2 Å². The molecule has 1 saturated heterocycles. The average Bonchev–Trinajstić information content (AvgIpc) is 2.45. The van der Waals surface area contributed by atoms with Gasteiger partial charge in [0.05, 0.1) is 18.2 Å². The summed E-state index contributed by atoms with van der Waals surface area (Å²) in [6.07, 6.45) is 1.86. The molecule has 0 aromatic carbocycles. The third-order valence-corrected chi connectivity index (χ3v) is 2.54. The quantitative estimate of drug-likeness (QED) is 0.735. The molecular weight excluding hydrogens is 204 g/mol. The van der Waals surface area contributed by atoms with Crippen LogP contribution in [-0.2, 0) is 4.74 Å². The molecule has 0 amide bonds. The Kier molecular flexibility index (Phi) is 4.03. The van der Waals surface area contributed by atoms with Gasteiger partial charge in [-0.2, -0.15) is 0 Å². The van der Waals surface area contributed by atoms with Gasteiger partial charge in [-0.25, -0.2) is 8.78 Å². The van der Waals surface area contributed by atoms with Crippen molar-refractivity contribution < 1.29 is 18.6 Å². The van der Waals surface area contributed by atoms with Crippen molar-refractivity contribution in [1.29, 1.82) is 0 Å². The van der Waals surface area contributed by atoms with Crippen LogP contribution in [-0.4, -0.2) is 42.4 Å². The SMILES string of the molecule is CC1(C)CCC(CNCC(F)(F)CO)O1. The molecule has 1 aliphatic heterocycles. The lowest BCUT2D eigenvalue weighted by atomic mass is 10.1. The van der Waals surface area contributed by atoms with Gasteiger partial charge in [0.15, 0.2) is 0 Å². The van der Waals surface area contributed by atoms with Crippen molar-refractivity contribution in [3.05, 3.63) is 0 Å². The summed E-state index contributed by atoms with van der Waals surface area (Å²) in [5.74, 6) is -3.03. The van der Waals surface area contributed by atoms with Crippen molar-refractivity contribution in [3.63, 3.8) is 0 Å². The molecule has 0 bridgehead atoms. The molecule has 1 unspecified atom stereocenters. The Morgan fingerprint density at radius 1 is 1.53 bits per heavy atom. The van der Waals surface area contributed by atoms with Gasteiger partial charge in [-0.1, -0.05) is 0 Å². The van der Waals surface area contributed by atoms with E-state index < -0.39 is 19.1 Å². The van der Waals surface area contributed by atoms with Gasteiger partial charge in [-0.05, 0) is 26.7 Å². The van der Waals surface area contributed by atoms with Crippen LogP contribution in [0, 0.1) is 0 Å². The van der Waals surface area contributed by atoms with Crippen LogP contribution in [0.2, 0.25) is 0 Å². The largest absolute Gasteiger partial charge is 0.390 e. The lowest BCUT2D eigenvalue weighted by Crippen LogP contribution is -2.39. The van der Waals surface area contributed by atoms with Crippen LogP contribution < -0.4 is 5.32 Å². The minimum atomic E-state index is -3.03. The van der Waals surface area contributed by atoms with Crippen molar-refractivity contribution in [1.82, 2.24) is 5.32 Å². The number of halogens is 2. The fourth-order valence-corrected chi connectivity index (χ4v) is 1.69. The summed E-state index contributed by atoms with van der Waals surface area (Å²) >= 11 is 0. The predicted octanol–water partition coefficient (Wildman–Crippen LogP) is 1.16. The molecule has 2 N–H and O–H groups in total. The van der Waals surface area contributed by atoms with E-state index in [4.69, 9.17) is 9.84 Å². The zero-order valence-electron chi connectivity index (χ0n) is 9.22. The van der Waals surface area contributed by atoms with Crippen molar-refractivity contribution in [3.8, 4) is 0 Å². The highest BCUT2D eigenvalue weighted by Gasteiger charge is 2.32. The van der Waals surface area contributed by atoms with E-state index in [0.717, 1.165) is 12.8 Å². The second-order valence-electron chi connectivity index (χ2n) is 4.68. The number of hydrogen-bond acceptors (Lipinski definition) is 3. The number of nitrogens with one attached hydrogen (secondary N) is 1. The van der Waals surface area contributed by atoms with Gasteiger partial charge in [0.1, 0.15) is 6.61 Å². The van der Waals surface area contributed by atoms with Crippen LogP contribution in [0.3, 0.4) is 0 Å². The molecule has 1 atom stereocenters. The first-order valence-corrected chi connectivity index (χ1v) is 5.22. The Morgan fingerprint density at radius 3 is 2.67 bits per heavy atom. The summed E-state index contributed by atoms with van der Waals surface area (Å²) in [6, 6.07) is 0. The molecule has 1 fully saturated rings. The van der Waals surface area contributed by atoms with Crippen molar-refractivity contribution in [2.75, 3.05) is 19.7 Å². The first-order chi connectivity index (χ1) is 6.85. The number of ether oxygens (including phenoxy) is 1. The number of rotatable bonds is 5. The predicted molar refractivity (Wildman–Crippen MR) is 53.1 cm³/mol. The van der Waals surface area contributed by atoms with Crippen LogP contribution in [0.25, 0.3) is 0 Å². The van der Waals surface area contributed by atoms with Crippen LogP contribution in [0.4, 0.5) is 8.78 Å². The molecule has 1 heterocycles. The molecule has 0 aliphatic carbocycles. The maximum absolute atomic E-state index is 12.6. The lowest BCUT2D eigenvalue weighted by molar-refractivity contribution is -0.0531. The van der Waals surface area contributed by atoms with Crippen molar-refractivity contribution in [2.45, 2.75) is 44.3 Å². The minimum absolute atomic E-state index is 0.00879. The average molecular weight is 223 g/mol.